The Kier molecular flexibility index (Phi) is 14.9. The molecule has 0 spiro atoms. The first-order chi connectivity index (χ1) is 28.7. The molecule has 2 aromatic heterocycles. The number of hydrogen-bond donors (Lipinski definition) is 5. The highest BCUT2D eigenvalue weighted by Gasteiger charge is 2.54. The molecule has 0 saturated carbocycles. The number of aliphatic hydroxyl groups is 4. The Hall–Kier alpha value is -4.15. The van der Waals surface area contributed by atoms with Crippen LogP contribution in [0.1, 0.15) is 39.5 Å². The van der Waals surface area contributed by atoms with E-state index in [2.05, 4.69) is 22.2 Å². The third-order valence-electron chi connectivity index (χ3n) is 11.8. The molecule has 4 aliphatic rings. The molecule has 4 unspecified atom stereocenters. The average molecular weight is 863 g/mol. The van der Waals surface area contributed by atoms with E-state index >= 15 is 0 Å². The van der Waals surface area contributed by atoms with Crippen molar-refractivity contribution in [1.29, 1.82) is 5.26 Å². The predicted molar refractivity (Wildman–Crippen MR) is 212 cm³/mol. The minimum absolute atomic E-state index is 0.0468. The van der Waals surface area contributed by atoms with Crippen molar-refractivity contribution in [3.05, 3.63) is 18.6 Å². The third kappa shape index (κ3) is 9.35. The van der Waals surface area contributed by atoms with Gasteiger partial charge in [-0.2, -0.15) is 5.26 Å². The SMILES string of the molecule is CO[C@@H]1OC(CO)[C@@H](O)[C@H](O[C@@H]2OC(C(=O)N3CCC(OC(=S)n4ccc5c(N(C)[C@H]6CN(C(=O)CC#N)CC[C@H]6C)ncnc54)CC3)[C@@H](OC)[C@H](O)C2O)C1NC(C)=O. The third-order valence-corrected chi connectivity index (χ3v) is 12.1. The lowest BCUT2D eigenvalue weighted by atomic mass is 9.92. The molecule has 0 aromatic carbocycles. The van der Waals surface area contributed by atoms with E-state index in [0.29, 0.717) is 37.4 Å². The van der Waals surface area contributed by atoms with Gasteiger partial charge in [-0.05, 0) is 30.6 Å². The highest BCUT2D eigenvalue weighted by atomic mass is 32.1. The van der Waals surface area contributed by atoms with Crippen LogP contribution >= 0.6 is 12.2 Å². The fraction of sp³-hybridized carbons (Fsp3) is 0.711. The Balaban J connectivity index is 1.09. The molecular weight excluding hydrogens is 809 g/mol. The summed E-state index contributed by atoms with van der Waals surface area (Å²) in [4.78, 5) is 53.0. The second-order valence-corrected chi connectivity index (χ2v) is 15.9. The number of amides is 3. The molecule has 0 aliphatic carbocycles. The quantitative estimate of drug-likeness (QED) is 0.157. The molecule has 6 rings (SSSR count). The van der Waals surface area contributed by atoms with Crippen molar-refractivity contribution in [2.24, 2.45) is 5.92 Å². The van der Waals surface area contributed by atoms with Gasteiger partial charge in [-0.1, -0.05) is 6.92 Å². The summed E-state index contributed by atoms with van der Waals surface area (Å²) >= 11 is 5.74. The van der Waals surface area contributed by atoms with E-state index in [-0.39, 0.29) is 48.7 Å². The van der Waals surface area contributed by atoms with Crippen molar-refractivity contribution < 1.29 is 63.2 Å². The van der Waals surface area contributed by atoms with Gasteiger partial charge in [-0.3, -0.25) is 19.0 Å². The van der Waals surface area contributed by atoms with E-state index in [1.165, 1.54) is 32.4 Å². The van der Waals surface area contributed by atoms with Gasteiger partial charge in [0, 0.05) is 73.4 Å². The number of rotatable bonds is 11. The zero-order valence-electron chi connectivity index (χ0n) is 34.1. The largest absolute Gasteiger partial charge is 0.467 e. The van der Waals surface area contributed by atoms with Gasteiger partial charge in [-0.25, -0.2) is 9.97 Å². The van der Waals surface area contributed by atoms with Crippen LogP contribution in [0.2, 0.25) is 0 Å². The highest BCUT2D eigenvalue weighted by molar-refractivity contribution is 7.80. The van der Waals surface area contributed by atoms with Crippen LogP contribution in [0.15, 0.2) is 18.6 Å². The second kappa shape index (κ2) is 19.7. The Bertz CT molecular complexity index is 1890. The average Bonchev–Trinajstić information content (AvgIpc) is 3.68. The molecule has 4 fully saturated rings. The first-order valence-electron chi connectivity index (χ1n) is 19.9. The van der Waals surface area contributed by atoms with E-state index in [1.54, 1.807) is 15.7 Å². The second-order valence-electron chi connectivity index (χ2n) is 15.5. The van der Waals surface area contributed by atoms with E-state index in [4.69, 9.17) is 45.9 Å². The number of likely N-dealkylation sites (tertiary alicyclic amines) is 2. The highest BCUT2D eigenvalue weighted by Crippen LogP contribution is 2.33. The van der Waals surface area contributed by atoms with Crippen LogP contribution in [0, 0.1) is 17.2 Å². The first kappa shape index (κ1) is 45.4. The number of methoxy groups -OCH3 is 2. The topological polar surface area (TPSA) is 264 Å². The van der Waals surface area contributed by atoms with Crippen LogP contribution in [0.5, 0.6) is 0 Å². The number of aromatic nitrogens is 3. The number of ether oxygens (including phenoxy) is 6. The monoisotopic (exact) mass is 862 g/mol. The predicted octanol–water partition coefficient (Wildman–Crippen LogP) is -1.77. The van der Waals surface area contributed by atoms with Crippen molar-refractivity contribution in [2.75, 3.05) is 59.0 Å². The van der Waals surface area contributed by atoms with Crippen LogP contribution in [-0.2, 0) is 42.8 Å². The molecule has 21 nitrogen and oxygen atoms in total. The number of anilines is 1. The Morgan fingerprint density at radius 1 is 1.02 bits per heavy atom. The van der Waals surface area contributed by atoms with E-state index < -0.39 is 79.8 Å². The smallest absolute Gasteiger partial charge is 0.269 e. The first-order valence-corrected chi connectivity index (χ1v) is 20.3. The van der Waals surface area contributed by atoms with Crippen LogP contribution in [0.4, 0.5) is 5.82 Å². The van der Waals surface area contributed by atoms with Gasteiger partial charge in [0.1, 0.15) is 67.3 Å². The van der Waals surface area contributed by atoms with E-state index in [1.807, 2.05) is 24.1 Å². The van der Waals surface area contributed by atoms with Gasteiger partial charge in [0.2, 0.25) is 11.8 Å². The Morgan fingerprint density at radius 3 is 2.38 bits per heavy atom. The molecule has 0 radical (unpaired) electrons. The summed E-state index contributed by atoms with van der Waals surface area (Å²) < 4.78 is 36.2. The summed E-state index contributed by atoms with van der Waals surface area (Å²) in [5.41, 5.74) is 0.532. The molecule has 4 aliphatic heterocycles. The summed E-state index contributed by atoms with van der Waals surface area (Å²) in [5, 5.41) is 55.6. The molecule has 4 saturated heterocycles. The molecule has 60 heavy (non-hydrogen) atoms. The lowest BCUT2D eigenvalue weighted by molar-refractivity contribution is -0.339. The number of nitriles is 1. The number of carbonyl (C=O) groups excluding carboxylic acids is 3. The number of fused-ring (bicyclic) bond motifs is 1. The number of thiocarbonyl (C=S) groups is 1. The van der Waals surface area contributed by atoms with Crippen LogP contribution in [0.3, 0.4) is 0 Å². The number of nitrogens with zero attached hydrogens (tertiary/aromatic N) is 7. The summed E-state index contributed by atoms with van der Waals surface area (Å²) in [5.74, 6) is -0.338. The van der Waals surface area contributed by atoms with Gasteiger partial charge < -0.3 is 68.9 Å². The zero-order chi connectivity index (χ0) is 43.4. The standard InChI is InChI=1S/C38H54N8O13S/c1-19-7-12-45(25(49)6-11-39)16-23(19)43(3)33-22-10-15-46(34(22)41-18-40-33)38(60)56-21-8-13-44(14-9-21)35(53)32-31(54-4)28(51)29(52)37(59-32)58-30-26(42-20(2)48)36(55-5)57-24(17-47)27(30)50/h10,15,18-19,21,23-24,26-32,36-37,47,50-52H,6-9,12-14,16-17H2,1-5H3,(H,42,48)/t19-,23+,24?,26?,27-,28-,29?,30-,31+,32?,36-,37-/m1/s1. The minimum Gasteiger partial charge on any atom is -0.467 e. The Labute approximate surface area is 352 Å². The number of likely N-dealkylation sites (N-methyl/N-ethyl adjacent to an activating group) is 1. The summed E-state index contributed by atoms with van der Waals surface area (Å²) in [6.07, 6.45) is -8.91. The maximum atomic E-state index is 14.0. The molecule has 12 atom stereocenters. The van der Waals surface area contributed by atoms with Gasteiger partial charge in [0.05, 0.1) is 24.1 Å². The number of nitrogens with one attached hydrogen (secondary N) is 1. The minimum atomic E-state index is -1.75. The molecule has 3 amide bonds. The molecule has 0 bridgehead atoms. The molecule has 6 heterocycles. The summed E-state index contributed by atoms with van der Waals surface area (Å²) in [7, 11) is 4.48. The normalized spacial score (nSPS) is 32.6. The fourth-order valence-corrected chi connectivity index (χ4v) is 8.72. The van der Waals surface area contributed by atoms with Gasteiger partial charge in [-0.15, -0.1) is 0 Å². The number of hydrogen-bond acceptors (Lipinski definition) is 18. The van der Waals surface area contributed by atoms with Crippen LogP contribution in [-0.4, -0.2) is 195 Å². The van der Waals surface area contributed by atoms with Crippen molar-refractivity contribution in [2.45, 2.75) is 113 Å². The maximum absolute atomic E-state index is 14.0. The number of piperidine rings is 2. The van der Waals surface area contributed by atoms with Gasteiger partial charge in [0.25, 0.3) is 11.1 Å². The molecular formula is C38H54N8O13S. The lowest BCUT2D eigenvalue weighted by Crippen LogP contribution is -2.68. The molecule has 5 N–H and O–H groups in total. The van der Waals surface area contributed by atoms with Crippen LogP contribution in [0.25, 0.3) is 11.0 Å². The molecule has 22 heteroatoms. The fourth-order valence-electron chi connectivity index (χ4n) is 8.44. The van der Waals surface area contributed by atoms with Gasteiger partial charge in [0.15, 0.2) is 24.3 Å². The van der Waals surface area contributed by atoms with Crippen molar-refractivity contribution in [1.82, 2.24) is 29.7 Å². The van der Waals surface area contributed by atoms with E-state index in [9.17, 15) is 34.8 Å². The van der Waals surface area contributed by atoms with Crippen molar-refractivity contribution >= 4 is 52.0 Å². The lowest BCUT2D eigenvalue weighted by Gasteiger charge is -2.48. The zero-order valence-corrected chi connectivity index (χ0v) is 34.9. The maximum Gasteiger partial charge on any atom is 0.269 e. The number of aliphatic hydroxyl groups excluding tert-OH is 4. The van der Waals surface area contributed by atoms with E-state index in [0.717, 1.165) is 11.8 Å². The Morgan fingerprint density at radius 2 is 1.73 bits per heavy atom. The molecule has 330 valence electrons. The van der Waals surface area contributed by atoms with Crippen LogP contribution < -0.4 is 10.2 Å². The van der Waals surface area contributed by atoms with Crippen molar-refractivity contribution in [3.8, 4) is 6.07 Å². The number of carbonyl (C=O) groups is 3. The summed E-state index contributed by atoms with van der Waals surface area (Å²) in [6, 6.07) is 2.62. The summed E-state index contributed by atoms with van der Waals surface area (Å²) in [6.45, 7) is 4.24. The van der Waals surface area contributed by atoms with Gasteiger partial charge >= 0.3 is 0 Å². The molecule has 2 aromatic rings. The van der Waals surface area contributed by atoms with Crippen molar-refractivity contribution in [3.63, 3.8) is 0 Å².